The van der Waals surface area contributed by atoms with E-state index in [9.17, 15) is 0 Å². The van der Waals surface area contributed by atoms with Gasteiger partial charge in [0.15, 0.2) is 11.5 Å². The SMILES string of the molecule is Cc1nn(C)cc1C(C)NC(C)c1ccc2c(c1)OCO2. The van der Waals surface area contributed by atoms with Crippen LogP contribution >= 0.6 is 0 Å². The average molecular weight is 287 g/mol. The number of aryl methyl sites for hydroxylation is 2. The van der Waals surface area contributed by atoms with Gasteiger partial charge >= 0.3 is 0 Å². The van der Waals surface area contributed by atoms with Gasteiger partial charge in [-0.3, -0.25) is 4.68 Å². The summed E-state index contributed by atoms with van der Waals surface area (Å²) in [7, 11) is 1.95. The molecule has 0 bridgehead atoms. The van der Waals surface area contributed by atoms with Crippen LogP contribution in [0.15, 0.2) is 24.4 Å². The molecule has 2 atom stereocenters. The summed E-state index contributed by atoms with van der Waals surface area (Å²) < 4.78 is 12.6. The molecule has 0 saturated heterocycles. The molecular weight excluding hydrogens is 266 g/mol. The van der Waals surface area contributed by atoms with Crippen molar-refractivity contribution < 1.29 is 9.47 Å². The second-order valence-electron chi connectivity index (χ2n) is 5.57. The van der Waals surface area contributed by atoms with Crippen LogP contribution < -0.4 is 14.8 Å². The van der Waals surface area contributed by atoms with E-state index in [4.69, 9.17) is 9.47 Å². The Hall–Kier alpha value is -2.01. The molecule has 0 aliphatic carbocycles. The monoisotopic (exact) mass is 287 g/mol. The fraction of sp³-hybridized carbons (Fsp3) is 0.438. The van der Waals surface area contributed by atoms with Gasteiger partial charge in [0.25, 0.3) is 0 Å². The van der Waals surface area contributed by atoms with Gasteiger partial charge in [-0.1, -0.05) is 6.07 Å². The summed E-state index contributed by atoms with van der Waals surface area (Å²) >= 11 is 0. The Morgan fingerprint density at radius 3 is 2.67 bits per heavy atom. The van der Waals surface area contributed by atoms with Crippen LogP contribution in [0.3, 0.4) is 0 Å². The predicted octanol–water partition coefficient (Wildman–Crippen LogP) is 2.87. The van der Waals surface area contributed by atoms with E-state index < -0.39 is 0 Å². The Morgan fingerprint density at radius 2 is 1.95 bits per heavy atom. The quantitative estimate of drug-likeness (QED) is 0.939. The third-order valence-electron chi connectivity index (χ3n) is 3.91. The third-order valence-corrected chi connectivity index (χ3v) is 3.91. The van der Waals surface area contributed by atoms with Crippen molar-refractivity contribution in [3.63, 3.8) is 0 Å². The highest BCUT2D eigenvalue weighted by molar-refractivity contribution is 5.45. The minimum absolute atomic E-state index is 0.217. The first-order chi connectivity index (χ1) is 10.0. The third kappa shape index (κ3) is 2.74. The summed E-state index contributed by atoms with van der Waals surface area (Å²) in [6.07, 6.45) is 2.07. The van der Waals surface area contributed by atoms with Crippen molar-refractivity contribution in [2.75, 3.05) is 6.79 Å². The highest BCUT2D eigenvalue weighted by atomic mass is 16.7. The molecule has 0 amide bonds. The molecule has 1 aliphatic rings. The van der Waals surface area contributed by atoms with Gasteiger partial charge in [0.05, 0.1) is 5.69 Å². The number of fused-ring (bicyclic) bond motifs is 1. The number of hydrogen-bond donors (Lipinski definition) is 1. The molecule has 0 radical (unpaired) electrons. The zero-order valence-electron chi connectivity index (χ0n) is 12.9. The van der Waals surface area contributed by atoms with Gasteiger partial charge in [0.2, 0.25) is 6.79 Å². The Kier molecular flexibility index (Phi) is 3.59. The van der Waals surface area contributed by atoms with Crippen molar-refractivity contribution in [1.29, 1.82) is 0 Å². The van der Waals surface area contributed by atoms with Crippen LogP contribution in [0.2, 0.25) is 0 Å². The first-order valence-electron chi connectivity index (χ1n) is 7.20. The van der Waals surface area contributed by atoms with Gasteiger partial charge in [-0.25, -0.2) is 0 Å². The van der Waals surface area contributed by atoms with E-state index in [1.807, 2.05) is 30.8 Å². The Morgan fingerprint density at radius 1 is 1.19 bits per heavy atom. The van der Waals surface area contributed by atoms with Crippen LogP contribution in [0.25, 0.3) is 0 Å². The fourth-order valence-corrected chi connectivity index (χ4v) is 2.79. The number of ether oxygens (including phenoxy) is 2. The summed E-state index contributed by atoms with van der Waals surface area (Å²) in [6, 6.07) is 6.54. The number of hydrogen-bond acceptors (Lipinski definition) is 4. The highest BCUT2D eigenvalue weighted by Crippen LogP contribution is 2.34. The molecule has 0 saturated carbocycles. The van der Waals surface area contributed by atoms with Gasteiger partial charge in [0.1, 0.15) is 0 Å². The summed E-state index contributed by atoms with van der Waals surface area (Å²) in [5, 5.41) is 8.01. The van der Waals surface area contributed by atoms with E-state index in [1.54, 1.807) is 0 Å². The van der Waals surface area contributed by atoms with Gasteiger partial charge in [0, 0.05) is 30.9 Å². The van der Waals surface area contributed by atoms with E-state index in [0.29, 0.717) is 6.79 Å². The Bertz CT molecular complexity index is 651. The van der Waals surface area contributed by atoms with Gasteiger partial charge < -0.3 is 14.8 Å². The number of aromatic nitrogens is 2. The van der Waals surface area contributed by atoms with Gasteiger partial charge in [-0.05, 0) is 38.5 Å². The fourth-order valence-electron chi connectivity index (χ4n) is 2.79. The maximum absolute atomic E-state index is 5.44. The van der Waals surface area contributed by atoms with E-state index in [1.165, 1.54) is 11.1 Å². The largest absolute Gasteiger partial charge is 0.454 e. The van der Waals surface area contributed by atoms with E-state index >= 15 is 0 Å². The summed E-state index contributed by atoms with van der Waals surface area (Å²) in [5.41, 5.74) is 3.48. The minimum atomic E-state index is 0.217. The number of nitrogens with zero attached hydrogens (tertiary/aromatic N) is 2. The summed E-state index contributed by atoms with van der Waals surface area (Å²) in [4.78, 5) is 0. The first kappa shape index (κ1) is 13.9. The van der Waals surface area contributed by atoms with Crippen molar-refractivity contribution in [2.24, 2.45) is 7.05 Å². The Balaban J connectivity index is 1.74. The summed E-state index contributed by atoms with van der Waals surface area (Å²) in [5.74, 6) is 1.65. The van der Waals surface area contributed by atoms with Crippen LogP contribution in [0, 0.1) is 6.92 Å². The van der Waals surface area contributed by atoms with Crippen LogP contribution in [0.5, 0.6) is 11.5 Å². The molecule has 0 spiro atoms. The van der Waals surface area contributed by atoms with Crippen molar-refractivity contribution in [2.45, 2.75) is 32.9 Å². The molecule has 0 fully saturated rings. The molecule has 3 rings (SSSR count). The van der Waals surface area contributed by atoms with Crippen molar-refractivity contribution in [3.8, 4) is 11.5 Å². The van der Waals surface area contributed by atoms with E-state index in [-0.39, 0.29) is 12.1 Å². The first-order valence-corrected chi connectivity index (χ1v) is 7.20. The summed E-state index contributed by atoms with van der Waals surface area (Å²) in [6.45, 7) is 6.66. The van der Waals surface area contributed by atoms with Crippen LogP contribution in [0.1, 0.15) is 42.8 Å². The topological polar surface area (TPSA) is 48.3 Å². The van der Waals surface area contributed by atoms with Gasteiger partial charge in [-0.15, -0.1) is 0 Å². The standard InChI is InChI=1S/C16H21N3O2/c1-10(13-5-6-15-16(7-13)21-9-20-15)17-11(2)14-8-19(4)18-12(14)3/h5-8,10-11,17H,9H2,1-4H3. The lowest BCUT2D eigenvalue weighted by Gasteiger charge is -2.20. The van der Waals surface area contributed by atoms with E-state index in [2.05, 4.69) is 36.5 Å². The van der Waals surface area contributed by atoms with Crippen molar-refractivity contribution in [3.05, 3.63) is 41.2 Å². The lowest BCUT2D eigenvalue weighted by molar-refractivity contribution is 0.174. The Labute approximate surface area is 124 Å². The highest BCUT2D eigenvalue weighted by Gasteiger charge is 2.18. The zero-order chi connectivity index (χ0) is 15.0. The molecule has 21 heavy (non-hydrogen) atoms. The molecule has 2 heterocycles. The van der Waals surface area contributed by atoms with Crippen LogP contribution in [-0.2, 0) is 7.05 Å². The smallest absolute Gasteiger partial charge is 0.231 e. The minimum Gasteiger partial charge on any atom is -0.454 e. The zero-order valence-corrected chi connectivity index (χ0v) is 12.9. The maximum Gasteiger partial charge on any atom is 0.231 e. The molecule has 5 nitrogen and oxygen atoms in total. The molecule has 112 valence electrons. The van der Waals surface area contributed by atoms with Gasteiger partial charge in [-0.2, -0.15) is 5.10 Å². The van der Waals surface area contributed by atoms with Crippen molar-refractivity contribution >= 4 is 0 Å². The maximum atomic E-state index is 5.44. The van der Waals surface area contributed by atoms with E-state index in [0.717, 1.165) is 17.2 Å². The molecule has 1 aromatic carbocycles. The predicted molar refractivity (Wildman–Crippen MR) is 80.5 cm³/mol. The molecule has 2 unspecified atom stereocenters. The van der Waals surface area contributed by atoms with Crippen LogP contribution in [0.4, 0.5) is 0 Å². The molecule has 1 aromatic heterocycles. The van der Waals surface area contributed by atoms with Crippen LogP contribution in [-0.4, -0.2) is 16.6 Å². The number of benzene rings is 1. The number of nitrogens with one attached hydrogen (secondary N) is 1. The van der Waals surface area contributed by atoms with Crippen molar-refractivity contribution in [1.82, 2.24) is 15.1 Å². The molecule has 1 aliphatic heterocycles. The average Bonchev–Trinajstić information content (AvgIpc) is 3.03. The molecular formula is C16H21N3O2. The number of rotatable bonds is 4. The molecule has 1 N–H and O–H groups in total. The lowest BCUT2D eigenvalue weighted by atomic mass is 10.0. The molecule has 5 heteroatoms. The second-order valence-corrected chi connectivity index (χ2v) is 5.57. The lowest BCUT2D eigenvalue weighted by Crippen LogP contribution is -2.22. The second kappa shape index (κ2) is 5.41. The molecule has 2 aromatic rings. The normalized spacial score (nSPS) is 16.0.